The Labute approximate surface area is 112 Å². The maximum absolute atomic E-state index is 14.1. The maximum atomic E-state index is 14.1. The van der Waals surface area contributed by atoms with E-state index in [1.807, 2.05) is 0 Å². The van der Waals surface area contributed by atoms with Gasteiger partial charge < -0.3 is 20.3 Å². The molecule has 0 saturated carbocycles. The Morgan fingerprint density at radius 2 is 2.30 bits per heavy atom. The van der Waals surface area contributed by atoms with Crippen LogP contribution in [0.5, 0.6) is 0 Å². The molecule has 9 heteroatoms. The number of aliphatic hydroxyl groups excluding tert-OH is 1. The van der Waals surface area contributed by atoms with Gasteiger partial charge in [-0.15, -0.1) is 0 Å². The van der Waals surface area contributed by atoms with Crippen molar-refractivity contribution in [1.29, 1.82) is 0 Å². The molecule has 1 aliphatic heterocycles. The minimum atomic E-state index is -3.65. The monoisotopic (exact) mass is 291 g/mol. The van der Waals surface area contributed by atoms with Gasteiger partial charge in [0.05, 0.1) is 6.10 Å². The number of ether oxygens (including phenoxy) is 2. The molecule has 7 nitrogen and oxygen atoms in total. The first-order valence-electron chi connectivity index (χ1n) is 5.87. The Balaban J connectivity index is 2.39. The quantitative estimate of drug-likeness (QED) is 0.797. The first-order valence-corrected chi connectivity index (χ1v) is 5.87. The number of halogens is 2. The lowest BCUT2D eigenvalue weighted by Gasteiger charge is -2.21. The summed E-state index contributed by atoms with van der Waals surface area (Å²) in [7, 11) is 1.31. The first kappa shape index (κ1) is 14.8. The van der Waals surface area contributed by atoms with Crippen molar-refractivity contribution in [2.45, 2.75) is 37.4 Å². The highest BCUT2D eigenvalue weighted by Gasteiger charge is 2.61. The average Bonchev–Trinajstić information content (AvgIpc) is 2.61. The molecule has 1 fully saturated rings. The highest BCUT2D eigenvalue weighted by atomic mass is 19.3. The molecular weight excluding hydrogens is 276 g/mol. The fourth-order valence-electron chi connectivity index (χ4n) is 2.04. The van der Waals surface area contributed by atoms with Crippen molar-refractivity contribution in [3.05, 3.63) is 22.7 Å². The summed E-state index contributed by atoms with van der Waals surface area (Å²) in [5, 5.41) is 9.68. The number of methoxy groups -OCH3 is 1. The van der Waals surface area contributed by atoms with Gasteiger partial charge >= 0.3 is 11.6 Å². The SMILES string of the molecule is COC(C)[C@H]1O[C@@H](n2ccc(N)nc2=O)C(F)(F)[C@@H]1O. The van der Waals surface area contributed by atoms with Gasteiger partial charge in [0.15, 0.2) is 6.10 Å². The summed E-state index contributed by atoms with van der Waals surface area (Å²) >= 11 is 0. The molecule has 2 heterocycles. The first-order chi connectivity index (χ1) is 9.28. The molecular formula is C11H15F2N3O4. The maximum Gasteiger partial charge on any atom is 0.351 e. The van der Waals surface area contributed by atoms with E-state index < -0.39 is 36.2 Å². The van der Waals surface area contributed by atoms with Crippen molar-refractivity contribution in [1.82, 2.24) is 9.55 Å². The van der Waals surface area contributed by atoms with E-state index in [0.717, 1.165) is 6.20 Å². The van der Waals surface area contributed by atoms with Gasteiger partial charge in [0.1, 0.15) is 11.9 Å². The molecule has 0 spiro atoms. The van der Waals surface area contributed by atoms with Crippen LogP contribution in [0.25, 0.3) is 0 Å². The summed E-state index contributed by atoms with van der Waals surface area (Å²) in [6.45, 7) is 1.48. The molecule has 1 aliphatic rings. The van der Waals surface area contributed by atoms with Crippen LogP contribution in [0.4, 0.5) is 14.6 Å². The van der Waals surface area contributed by atoms with Crippen LogP contribution in [0, 0.1) is 0 Å². The van der Waals surface area contributed by atoms with Crippen molar-refractivity contribution in [3.8, 4) is 0 Å². The van der Waals surface area contributed by atoms with Crippen molar-refractivity contribution in [2.75, 3.05) is 12.8 Å². The molecule has 0 radical (unpaired) electrons. The van der Waals surface area contributed by atoms with Gasteiger partial charge in [-0.3, -0.25) is 4.57 Å². The number of nitrogens with two attached hydrogens (primary N) is 1. The molecule has 1 aromatic rings. The lowest BCUT2D eigenvalue weighted by atomic mass is 10.1. The van der Waals surface area contributed by atoms with Crippen LogP contribution in [-0.2, 0) is 9.47 Å². The van der Waals surface area contributed by atoms with Crippen molar-refractivity contribution in [3.63, 3.8) is 0 Å². The van der Waals surface area contributed by atoms with E-state index in [9.17, 15) is 18.7 Å². The van der Waals surface area contributed by atoms with Crippen LogP contribution >= 0.6 is 0 Å². The Morgan fingerprint density at radius 1 is 1.65 bits per heavy atom. The standard InChI is InChI=1S/C11H15F2N3O4/c1-5(19-2)7-8(17)11(12,13)9(20-7)16-4-3-6(14)15-10(16)18/h3-5,7-9,17H,1-2H3,(H2,14,15,18)/t5?,7-,8-,9-/m1/s1. The van der Waals surface area contributed by atoms with Crippen molar-refractivity contribution >= 4 is 5.82 Å². The molecule has 0 aromatic carbocycles. The highest BCUT2D eigenvalue weighted by Crippen LogP contribution is 2.43. The Kier molecular flexibility index (Phi) is 3.76. The topological polar surface area (TPSA) is 99.6 Å². The second kappa shape index (κ2) is 5.08. The van der Waals surface area contributed by atoms with Gasteiger partial charge in [0, 0.05) is 13.3 Å². The zero-order valence-corrected chi connectivity index (χ0v) is 10.9. The molecule has 0 aliphatic carbocycles. The zero-order chi connectivity index (χ0) is 15.1. The second-order valence-electron chi connectivity index (χ2n) is 4.56. The number of aromatic nitrogens is 2. The molecule has 1 unspecified atom stereocenters. The van der Waals surface area contributed by atoms with Crippen LogP contribution in [-0.4, -0.2) is 46.0 Å². The zero-order valence-electron chi connectivity index (χ0n) is 10.9. The number of nitrogen functional groups attached to an aromatic ring is 1. The third kappa shape index (κ3) is 2.28. The summed E-state index contributed by atoms with van der Waals surface area (Å²) < 4.78 is 38.7. The summed E-state index contributed by atoms with van der Waals surface area (Å²) in [5.41, 5.74) is 4.32. The molecule has 0 amide bonds. The smallest absolute Gasteiger partial charge is 0.351 e. The second-order valence-corrected chi connectivity index (χ2v) is 4.56. The molecule has 20 heavy (non-hydrogen) atoms. The van der Waals surface area contributed by atoms with Gasteiger partial charge in [-0.2, -0.15) is 13.8 Å². The number of rotatable bonds is 3. The Hall–Kier alpha value is -1.58. The van der Waals surface area contributed by atoms with E-state index in [4.69, 9.17) is 15.2 Å². The molecule has 2 rings (SSSR count). The van der Waals surface area contributed by atoms with E-state index in [2.05, 4.69) is 4.98 Å². The summed E-state index contributed by atoms with van der Waals surface area (Å²) in [6, 6.07) is 1.19. The normalized spacial score (nSPS) is 30.4. The van der Waals surface area contributed by atoms with Gasteiger partial charge in [-0.05, 0) is 13.0 Å². The minimum Gasteiger partial charge on any atom is -0.384 e. The van der Waals surface area contributed by atoms with E-state index in [-0.39, 0.29) is 5.82 Å². The number of alkyl halides is 2. The van der Waals surface area contributed by atoms with Crippen molar-refractivity contribution < 1.29 is 23.4 Å². The fourth-order valence-corrected chi connectivity index (χ4v) is 2.04. The predicted molar refractivity (Wildman–Crippen MR) is 64.2 cm³/mol. The summed E-state index contributed by atoms with van der Waals surface area (Å²) in [6.07, 6.45) is -5.02. The lowest BCUT2D eigenvalue weighted by Crippen LogP contribution is -2.43. The van der Waals surface area contributed by atoms with Gasteiger partial charge in [0.25, 0.3) is 0 Å². The van der Waals surface area contributed by atoms with Crippen LogP contribution in [0.2, 0.25) is 0 Å². The lowest BCUT2D eigenvalue weighted by molar-refractivity contribution is -0.141. The molecule has 4 atom stereocenters. The third-order valence-electron chi connectivity index (χ3n) is 3.26. The van der Waals surface area contributed by atoms with Crippen LogP contribution in [0.1, 0.15) is 13.2 Å². The van der Waals surface area contributed by atoms with E-state index in [1.54, 1.807) is 0 Å². The number of nitrogens with zero attached hydrogens (tertiary/aromatic N) is 2. The van der Waals surface area contributed by atoms with E-state index in [1.165, 1.54) is 20.1 Å². The number of hydrogen-bond acceptors (Lipinski definition) is 6. The average molecular weight is 291 g/mol. The van der Waals surface area contributed by atoms with E-state index >= 15 is 0 Å². The van der Waals surface area contributed by atoms with Gasteiger partial charge in [-0.1, -0.05) is 0 Å². The van der Waals surface area contributed by atoms with Crippen molar-refractivity contribution in [2.24, 2.45) is 0 Å². The van der Waals surface area contributed by atoms with Crippen LogP contribution < -0.4 is 11.4 Å². The highest BCUT2D eigenvalue weighted by molar-refractivity contribution is 5.23. The van der Waals surface area contributed by atoms with Gasteiger partial charge in [0.2, 0.25) is 6.23 Å². The number of hydrogen-bond donors (Lipinski definition) is 2. The number of anilines is 1. The largest absolute Gasteiger partial charge is 0.384 e. The third-order valence-corrected chi connectivity index (χ3v) is 3.26. The number of aliphatic hydroxyl groups is 1. The minimum absolute atomic E-state index is 0.0880. The molecule has 1 aromatic heterocycles. The molecule has 1 saturated heterocycles. The summed E-state index contributed by atoms with van der Waals surface area (Å²) in [5.74, 6) is -3.74. The predicted octanol–water partition coefficient (Wildman–Crippen LogP) is -0.246. The molecule has 0 bridgehead atoms. The Morgan fingerprint density at radius 3 is 2.85 bits per heavy atom. The van der Waals surface area contributed by atoms with Crippen LogP contribution in [0.15, 0.2) is 17.1 Å². The fraction of sp³-hybridized carbons (Fsp3) is 0.636. The van der Waals surface area contributed by atoms with Gasteiger partial charge in [-0.25, -0.2) is 4.79 Å². The summed E-state index contributed by atoms with van der Waals surface area (Å²) in [4.78, 5) is 15.0. The Bertz CT molecular complexity index is 551. The van der Waals surface area contributed by atoms with Crippen LogP contribution in [0.3, 0.4) is 0 Å². The molecule has 3 N–H and O–H groups in total. The van der Waals surface area contributed by atoms with E-state index in [0.29, 0.717) is 4.57 Å². The molecule has 112 valence electrons.